The number of rotatable bonds is 8. The van der Waals surface area contributed by atoms with Crippen LogP contribution in [0.4, 0.5) is 17.1 Å². The van der Waals surface area contributed by atoms with Crippen LogP contribution in [0.25, 0.3) is 110 Å². The quantitative estimate of drug-likeness (QED) is 0.152. The average Bonchev–Trinajstić information content (AvgIpc) is 4.09. The Labute approximate surface area is 404 Å². The summed E-state index contributed by atoms with van der Waals surface area (Å²) >= 11 is 0. The van der Waals surface area contributed by atoms with E-state index in [1.54, 1.807) is 0 Å². The molecule has 4 heteroatoms. The average molecular weight is 894 g/mol. The zero-order chi connectivity index (χ0) is 46.1. The Morgan fingerprint density at radius 1 is 0.271 bits per heavy atom. The first-order valence-electron chi connectivity index (χ1n) is 23.9. The molecule has 0 spiro atoms. The fraction of sp³-hybridized carbons (Fsp3) is 0. The van der Waals surface area contributed by atoms with Crippen molar-refractivity contribution < 1.29 is 4.42 Å². The van der Waals surface area contributed by atoms with E-state index >= 15 is 0 Å². The number of nitrogens with zero attached hydrogens (tertiary/aromatic N) is 3. The molecular formula is C66H43N3O. The van der Waals surface area contributed by atoms with Crippen LogP contribution in [0.3, 0.4) is 0 Å². The minimum Gasteiger partial charge on any atom is -0.454 e. The van der Waals surface area contributed by atoms with Gasteiger partial charge in [-0.2, -0.15) is 0 Å². The Balaban J connectivity index is 0.990. The van der Waals surface area contributed by atoms with Crippen molar-refractivity contribution >= 4 is 82.6 Å². The van der Waals surface area contributed by atoms with Gasteiger partial charge < -0.3 is 18.5 Å². The molecule has 3 heterocycles. The van der Waals surface area contributed by atoms with Gasteiger partial charge in [0.05, 0.1) is 27.8 Å². The number of benzene rings is 11. The van der Waals surface area contributed by atoms with Gasteiger partial charge in [-0.1, -0.05) is 158 Å². The molecule has 328 valence electrons. The lowest BCUT2D eigenvalue weighted by Gasteiger charge is -2.26. The van der Waals surface area contributed by atoms with Gasteiger partial charge in [-0.25, -0.2) is 0 Å². The van der Waals surface area contributed by atoms with E-state index in [0.717, 1.165) is 83.8 Å². The van der Waals surface area contributed by atoms with Crippen LogP contribution in [-0.2, 0) is 0 Å². The molecule has 14 aromatic rings. The number of hydrogen-bond donors (Lipinski definition) is 0. The Morgan fingerprint density at radius 2 is 0.714 bits per heavy atom. The highest BCUT2D eigenvalue weighted by molar-refractivity contribution is 6.13. The predicted molar refractivity (Wildman–Crippen MR) is 293 cm³/mol. The zero-order valence-corrected chi connectivity index (χ0v) is 38.1. The lowest BCUT2D eigenvalue weighted by atomic mass is 9.92. The summed E-state index contributed by atoms with van der Waals surface area (Å²) in [7, 11) is 0. The third-order valence-corrected chi connectivity index (χ3v) is 14.1. The molecule has 0 fully saturated rings. The standard InChI is InChI=1S/C66H43N3O/c1-4-19-50(20-5-1)67(62-32-17-29-59-58-28-12-15-33-65(58)70-66(59)62)53-25-16-18-44(41-53)47-38-48(45-34-36-56-54-26-10-13-30-60(54)68(63(56)42-45)51-21-6-2-7-22-51)40-49(39-47)46-35-37-57-55-27-11-14-31-61(55)69(64(57)43-46)52-23-8-3-9-24-52/h1-43H. The summed E-state index contributed by atoms with van der Waals surface area (Å²) in [4.78, 5) is 2.33. The van der Waals surface area contributed by atoms with Crippen LogP contribution in [-0.4, -0.2) is 9.13 Å². The van der Waals surface area contributed by atoms with Crippen LogP contribution in [0.1, 0.15) is 0 Å². The first kappa shape index (κ1) is 39.8. The summed E-state index contributed by atoms with van der Waals surface area (Å²) in [6.45, 7) is 0. The predicted octanol–water partition coefficient (Wildman–Crippen LogP) is 18.3. The third kappa shape index (κ3) is 6.46. The molecule has 11 aromatic carbocycles. The molecular weight excluding hydrogens is 851 g/mol. The van der Waals surface area contributed by atoms with Gasteiger partial charge in [-0.05, 0) is 137 Å². The number of para-hydroxylation sites is 7. The Kier molecular flexibility index (Phi) is 9.17. The van der Waals surface area contributed by atoms with E-state index in [-0.39, 0.29) is 0 Å². The van der Waals surface area contributed by atoms with E-state index in [9.17, 15) is 0 Å². The van der Waals surface area contributed by atoms with Gasteiger partial charge in [-0.15, -0.1) is 0 Å². The molecule has 0 aliphatic heterocycles. The van der Waals surface area contributed by atoms with Crippen molar-refractivity contribution in [3.05, 3.63) is 261 Å². The maximum atomic E-state index is 6.68. The van der Waals surface area contributed by atoms with Gasteiger partial charge in [0.25, 0.3) is 0 Å². The van der Waals surface area contributed by atoms with Crippen LogP contribution >= 0.6 is 0 Å². The number of aromatic nitrogens is 2. The Hall–Kier alpha value is -9.38. The highest BCUT2D eigenvalue weighted by atomic mass is 16.3. The van der Waals surface area contributed by atoms with Crippen molar-refractivity contribution in [2.75, 3.05) is 4.90 Å². The molecule has 14 rings (SSSR count). The molecule has 3 aromatic heterocycles. The summed E-state index contributed by atoms with van der Waals surface area (Å²) in [6, 6.07) is 94.3. The SMILES string of the molecule is c1ccc(N(c2cccc(-c3cc(-c4ccc5c6ccccc6n(-c6ccccc6)c5c4)cc(-c4ccc5c6ccccc6n(-c6ccccc6)c5c4)c3)c2)c2cccc3c2oc2ccccc23)cc1. The molecule has 70 heavy (non-hydrogen) atoms. The number of anilines is 3. The molecule has 0 unspecified atom stereocenters. The second kappa shape index (κ2) is 16.2. The normalized spacial score (nSPS) is 11.7. The molecule has 0 N–H and O–H groups in total. The van der Waals surface area contributed by atoms with Gasteiger partial charge >= 0.3 is 0 Å². The second-order valence-electron chi connectivity index (χ2n) is 18.1. The second-order valence-corrected chi connectivity index (χ2v) is 18.1. The van der Waals surface area contributed by atoms with Crippen molar-refractivity contribution in [2.45, 2.75) is 0 Å². The molecule has 4 nitrogen and oxygen atoms in total. The minimum atomic E-state index is 0.855. The van der Waals surface area contributed by atoms with Crippen molar-refractivity contribution in [3.63, 3.8) is 0 Å². The van der Waals surface area contributed by atoms with E-state index in [4.69, 9.17) is 4.42 Å². The van der Waals surface area contributed by atoms with Crippen LogP contribution in [0.5, 0.6) is 0 Å². The smallest absolute Gasteiger partial charge is 0.159 e. The van der Waals surface area contributed by atoms with E-state index in [1.807, 2.05) is 6.07 Å². The Bertz CT molecular complexity index is 4120. The van der Waals surface area contributed by atoms with Crippen LogP contribution in [0.2, 0.25) is 0 Å². The first-order valence-corrected chi connectivity index (χ1v) is 23.9. The summed E-state index contributed by atoms with van der Waals surface area (Å²) in [5.74, 6) is 0. The Morgan fingerprint density at radius 3 is 1.30 bits per heavy atom. The maximum absolute atomic E-state index is 6.68. The molecule has 0 radical (unpaired) electrons. The van der Waals surface area contributed by atoms with Gasteiger partial charge in [-0.3, -0.25) is 0 Å². The van der Waals surface area contributed by atoms with Gasteiger partial charge in [0.2, 0.25) is 0 Å². The van der Waals surface area contributed by atoms with Crippen molar-refractivity contribution in [1.82, 2.24) is 9.13 Å². The molecule has 0 bridgehead atoms. The highest BCUT2D eigenvalue weighted by Crippen LogP contribution is 2.45. The molecule has 0 atom stereocenters. The number of fused-ring (bicyclic) bond motifs is 9. The summed E-state index contributed by atoms with van der Waals surface area (Å²) in [6.07, 6.45) is 0. The molecule has 0 saturated heterocycles. The lowest BCUT2D eigenvalue weighted by Crippen LogP contribution is -2.10. The number of furan rings is 1. The molecule has 0 saturated carbocycles. The maximum Gasteiger partial charge on any atom is 0.159 e. The lowest BCUT2D eigenvalue weighted by molar-refractivity contribution is 0.669. The first-order chi connectivity index (χ1) is 34.7. The van der Waals surface area contributed by atoms with Crippen molar-refractivity contribution in [1.29, 1.82) is 0 Å². The fourth-order valence-corrected chi connectivity index (χ4v) is 10.9. The van der Waals surface area contributed by atoms with Gasteiger partial charge in [0.15, 0.2) is 5.58 Å². The summed E-state index contributed by atoms with van der Waals surface area (Å²) in [5, 5.41) is 7.13. The van der Waals surface area contributed by atoms with E-state index in [1.165, 1.54) is 43.6 Å². The fourth-order valence-electron chi connectivity index (χ4n) is 10.9. The molecule has 0 aliphatic rings. The van der Waals surface area contributed by atoms with Crippen molar-refractivity contribution in [3.8, 4) is 44.8 Å². The van der Waals surface area contributed by atoms with E-state index < -0.39 is 0 Å². The van der Waals surface area contributed by atoms with E-state index in [2.05, 4.69) is 269 Å². The topological polar surface area (TPSA) is 26.2 Å². The third-order valence-electron chi connectivity index (χ3n) is 14.1. The van der Waals surface area contributed by atoms with Crippen LogP contribution in [0, 0.1) is 0 Å². The van der Waals surface area contributed by atoms with Crippen LogP contribution < -0.4 is 4.90 Å². The van der Waals surface area contributed by atoms with Gasteiger partial charge in [0, 0.05) is 55.1 Å². The highest BCUT2D eigenvalue weighted by Gasteiger charge is 2.21. The minimum absolute atomic E-state index is 0.855. The van der Waals surface area contributed by atoms with E-state index in [0.29, 0.717) is 0 Å². The molecule has 0 aliphatic carbocycles. The van der Waals surface area contributed by atoms with Crippen molar-refractivity contribution in [2.24, 2.45) is 0 Å². The van der Waals surface area contributed by atoms with Gasteiger partial charge in [0.1, 0.15) is 5.58 Å². The largest absolute Gasteiger partial charge is 0.454 e. The number of hydrogen-bond acceptors (Lipinski definition) is 2. The monoisotopic (exact) mass is 893 g/mol. The summed E-state index contributed by atoms with van der Waals surface area (Å²) in [5.41, 5.74) is 18.6. The zero-order valence-electron chi connectivity index (χ0n) is 38.1. The molecule has 0 amide bonds. The van der Waals surface area contributed by atoms with Crippen LogP contribution in [0.15, 0.2) is 265 Å². The summed E-state index contributed by atoms with van der Waals surface area (Å²) < 4.78 is 11.5.